The number of rotatable bonds is 3. The van der Waals surface area contributed by atoms with Crippen molar-refractivity contribution in [1.29, 1.82) is 0 Å². The standard InChI is InChI=1S/C29H21N4O4/c1-31-15-7-9-19(17-31)29(37)33-23-13-5-3-11-21(23)27(35)25(33)24-26(34)20-10-2-4-12-22(20)32(24)28(36)18-8-6-14-30-16-18/h2-17,29,37H,1H3/q+1/b25-24+. The summed E-state index contributed by atoms with van der Waals surface area (Å²) >= 11 is 0. The van der Waals surface area contributed by atoms with Crippen LogP contribution in [0.3, 0.4) is 0 Å². The summed E-state index contributed by atoms with van der Waals surface area (Å²) in [5.41, 5.74) is 2.07. The maximum absolute atomic E-state index is 13.9. The molecule has 0 bridgehead atoms. The van der Waals surface area contributed by atoms with Gasteiger partial charge in [-0.3, -0.25) is 24.3 Å². The van der Waals surface area contributed by atoms with Gasteiger partial charge in [0.05, 0.1) is 22.5 Å². The van der Waals surface area contributed by atoms with Crippen LogP contribution < -0.4 is 14.4 Å². The van der Waals surface area contributed by atoms with Crippen LogP contribution in [-0.4, -0.2) is 27.6 Å². The maximum atomic E-state index is 13.9. The third-order valence-electron chi connectivity index (χ3n) is 6.53. The molecule has 0 fully saturated rings. The number of hydrogen-bond acceptors (Lipinski definition) is 6. The summed E-state index contributed by atoms with van der Waals surface area (Å²) in [5, 5.41) is 11.6. The van der Waals surface area contributed by atoms with Gasteiger partial charge >= 0.3 is 0 Å². The third-order valence-corrected chi connectivity index (χ3v) is 6.53. The summed E-state index contributed by atoms with van der Waals surface area (Å²) in [6, 6.07) is 20.3. The van der Waals surface area contributed by atoms with Gasteiger partial charge in [0.2, 0.25) is 11.6 Å². The monoisotopic (exact) mass is 489 g/mol. The molecular weight excluding hydrogens is 468 g/mol. The second-order valence-electron chi connectivity index (χ2n) is 8.82. The van der Waals surface area contributed by atoms with E-state index in [0.717, 1.165) is 0 Å². The number of aliphatic hydroxyl groups is 1. The van der Waals surface area contributed by atoms with E-state index in [0.29, 0.717) is 28.1 Å². The maximum Gasteiger partial charge on any atom is 0.264 e. The fourth-order valence-corrected chi connectivity index (χ4v) is 4.87. The van der Waals surface area contributed by atoms with E-state index in [1.807, 2.05) is 13.2 Å². The van der Waals surface area contributed by atoms with E-state index in [1.54, 1.807) is 89.8 Å². The van der Waals surface area contributed by atoms with Gasteiger partial charge in [-0.1, -0.05) is 24.3 Å². The van der Waals surface area contributed by atoms with E-state index >= 15 is 0 Å². The lowest BCUT2D eigenvalue weighted by Crippen LogP contribution is -2.36. The summed E-state index contributed by atoms with van der Waals surface area (Å²) in [6.07, 6.45) is 5.23. The molecule has 4 heterocycles. The van der Waals surface area contributed by atoms with Crippen LogP contribution in [0.1, 0.15) is 42.9 Å². The number of carbonyl (C=O) groups is 3. The Bertz CT molecular complexity index is 1630. The molecule has 1 amide bonds. The van der Waals surface area contributed by atoms with Crippen LogP contribution in [0.25, 0.3) is 0 Å². The average Bonchev–Trinajstić information content (AvgIpc) is 3.39. The smallest absolute Gasteiger partial charge is 0.264 e. The highest BCUT2D eigenvalue weighted by atomic mass is 16.3. The topological polar surface area (TPSA) is 94.7 Å². The molecule has 37 heavy (non-hydrogen) atoms. The minimum atomic E-state index is -1.30. The Kier molecular flexibility index (Phi) is 5.24. The Balaban J connectivity index is 1.62. The van der Waals surface area contributed by atoms with Gasteiger partial charge in [-0.2, -0.15) is 0 Å². The number of aromatic nitrogens is 2. The molecule has 2 aromatic heterocycles. The quantitative estimate of drug-likeness (QED) is 0.350. The first-order chi connectivity index (χ1) is 18.0. The number of allylic oxidation sites excluding steroid dienone is 2. The number of aliphatic hydroxyl groups excluding tert-OH is 1. The van der Waals surface area contributed by atoms with Crippen LogP contribution in [0.4, 0.5) is 11.4 Å². The highest BCUT2D eigenvalue weighted by Gasteiger charge is 2.46. The lowest BCUT2D eigenvalue weighted by Gasteiger charge is -2.29. The lowest BCUT2D eigenvalue weighted by molar-refractivity contribution is -0.672. The van der Waals surface area contributed by atoms with Crippen molar-refractivity contribution in [2.45, 2.75) is 6.23 Å². The van der Waals surface area contributed by atoms with E-state index in [2.05, 4.69) is 4.98 Å². The van der Waals surface area contributed by atoms with Gasteiger partial charge in [-0.15, -0.1) is 0 Å². The first-order valence-electron chi connectivity index (χ1n) is 11.7. The number of aryl methyl sites for hydroxylation is 1. The molecule has 0 aliphatic carbocycles. The van der Waals surface area contributed by atoms with Gasteiger partial charge in [-0.05, 0) is 42.5 Å². The molecule has 0 radical (unpaired) electrons. The molecular formula is C29H21N4O4+. The van der Waals surface area contributed by atoms with Crippen molar-refractivity contribution >= 4 is 28.8 Å². The minimum absolute atomic E-state index is 0.0568. The zero-order chi connectivity index (χ0) is 25.7. The van der Waals surface area contributed by atoms with Crippen LogP contribution in [0, 0.1) is 0 Å². The van der Waals surface area contributed by atoms with Crippen LogP contribution in [0.15, 0.2) is 109 Å². The molecule has 4 aromatic rings. The van der Waals surface area contributed by atoms with Crippen molar-refractivity contribution in [2.75, 3.05) is 9.80 Å². The van der Waals surface area contributed by atoms with Crippen molar-refractivity contribution in [1.82, 2.24) is 4.98 Å². The van der Waals surface area contributed by atoms with Crippen molar-refractivity contribution in [3.8, 4) is 0 Å². The largest absolute Gasteiger partial charge is 0.369 e. The zero-order valence-corrected chi connectivity index (χ0v) is 19.8. The zero-order valence-electron chi connectivity index (χ0n) is 19.8. The van der Waals surface area contributed by atoms with Gasteiger partial charge in [-0.25, -0.2) is 4.57 Å². The van der Waals surface area contributed by atoms with Crippen molar-refractivity contribution < 1.29 is 24.1 Å². The van der Waals surface area contributed by atoms with Crippen molar-refractivity contribution in [2.24, 2.45) is 7.05 Å². The molecule has 0 saturated carbocycles. The Morgan fingerprint density at radius 1 is 0.865 bits per heavy atom. The summed E-state index contributed by atoms with van der Waals surface area (Å²) in [5.74, 6) is -1.42. The molecule has 6 rings (SSSR count). The lowest BCUT2D eigenvalue weighted by atomic mass is 10.1. The summed E-state index contributed by atoms with van der Waals surface area (Å²) in [4.78, 5) is 48.3. The van der Waals surface area contributed by atoms with Gasteiger partial charge in [0, 0.05) is 29.6 Å². The number of ketones is 2. The fourth-order valence-electron chi connectivity index (χ4n) is 4.87. The van der Waals surface area contributed by atoms with Crippen LogP contribution in [0.2, 0.25) is 0 Å². The number of hydrogen-bond donors (Lipinski definition) is 1. The van der Waals surface area contributed by atoms with E-state index in [-0.39, 0.29) is 17.0 Å². The first kappa shape index (κ1) is 22.5. The highest BCUT2D eigenvalue weighted by molar-refractivity contribution is 6.32. The number of pyridine rings is 2. The number of Topliss-reactive ketones (excluding diaryl/α,β-unsaturated/α-hetero) is 2. The SMILES string of the molecule is C[n+]1cccc(C(O)N2/C(=C3\C(=O)c4ccccc4N3C(=O)c3cccnc3)C(=O)c3ccccc32)c1. The second-order valence-corrected chi connectivity index (χ2v) is 8.82. The molecule has 0 spiro atoms. The van der Waals surface area contributed by atoms with Gasteiger partial charge in [0.15, 0.2) is 18.6 Å². The van der Waals surface area contributed by atoms with E-state index < -0.39 is 23.7 Å². The molecule has 2 aromatic carbocycles. The van der Waals surface area contributed by atoms with Gasteiger partial charge < -0.3 is 10.0 Å². The molecule has 1 N–H and O–H groups in total. The van der Waals surface area contributed by atoms with E-state index in [9.17, 15) is 19.5 Å². The number of anilines is 2. The minimum Gasteiger partial charge on any atom is -0.369 e. The van der Waals surface area contributed by atoms with Crippen LogP contribution in [-0.2, 0) is 7.05 Å². The normalized spacial score (nSPS) is 17.1. The van der Waals surface area contributed by atoms with Crippen LogP contribution >= 0.6 is 0 Å². The summed E-state index contributed by atoms with van der Waals surface area (Å²) in [7, 11) is 1.82. The number of benzene rings is 2. The number of fused-ring (bicyclic) bond motifs is 2. The van der Waals surface area contributed by atoms with E-state index in [1.165, 1.54) is 16.0 Å². The Morgan fingerprint density at radius 3 is 2.24 bits per heavy atom. The van der Waals surface area contributed by atoms with Gasteiger partial charge in [0.1, 0.15) is 18.4 Å². The number of carbonyl (C=O) groups excluding carboxylic acids is 3. The molecule has 8 heteroatoms. The Morgan fingerprint density at radius 2 is 1.54 bits per heavy atom. The van der Waals surface area contributed by atoms with Gasteiger partial charge in [0.25, 0.3) is 5.91 Å². The molecule has 2 aliphatic heterocycles. The van der Waals surface area contributed by atoms with Crippen LogP contribution in [0.5, 0.6) is 0 Å². The van der Waals surface area contributed by atoms with Crippen molar-refractivity contribution in [3.63, 3.8) is 0 Å². The molecule has 180 valence electrons. The summed E-state index contributed by atoms with van der Waals surface area (Å²) < 4.78 is 1.78. The molecule has 0 saturated heterocycles. The predicted octanol–water partition coefficient (Wildman–Crippen LogP) is 3.35. The Hall–Kier alpha value is -4.95. The second kappa shape index (κ2) is 8.61. The molecule has 1 atom stereocenters. The molecule has 8 nitrogen and oxygen atoms in total. The van der Waals surface area contributed by atoms with Crippen molar-refractivity contribution in [3.05, 3.63) is 131 Å². The van der Waals surface area contributed by atoms with E-state index in [4.69, 9.17) is 0 Å². The average molecular weight is 490 g/mol. The fraction of sp³-hybridized carbons (Fsp3) is 0.0690. The number of amides is 1. The third kappa shape index (κ3) is 3.46. The predicted molar refractivity (Wildman–Crippen MR) is 135 cm³/mol. The first-order valence-corrected chi connectivity index (χ1v) is 11.7. The highest BCUT2D eigenvalue weighted by Crippen LogP contribution is 2.45. The molecule has 2 aliphatic rings. The summed E-state index contributed by atoms with van der Waals surface area (Å²) in [6.45, 7) is 0. The Labute approximate surface area is 212 Å². The number of para-hydroxylation sites is 2. The number of nitrogens with zero attached hydrogens (tertiary/aromatic N) is 4. The molecule has 1 unspecified atom stereocenters.